The fraction of sp³-hybridized carbons (Fsp3) is 0.167. The van der Waals surface area contributed by atoms with Crippen LogP contribution in [0.3, 0.4) is 0 Å². The van der Waals surface area contributed by atoms with Crippen molar-refractivity contribution in [3.05, 3.63) is 41.5 Å². The molecular formula is C12H9ClN6O3. The number of tetrazole rings is 1. The first-order valence-corrected chi connectivity index (χ1v) is 6.53. The quantitative estimate of drug-likeness (QED) is 0.643. The second-order valence-electron chi connectivity index (χ2n) is 4.19. The number of aromatic nitrogens is 6. The zero-order valence-electron chi connectivity index (χ0n) is 11.1. The van der Waals surface area contributed by atoms with Crippen molar-refractivity contribution < 1.29 is 14.1 Å². The summed E-state index contributed by atoms with van der Waals surface area (Å²) in [5, 5.41) is 14.8. The van der Waals surface area contributed by atoms with Gasteiger partial charge in [-0.25, -0.2) is 4.68 Å². The van der Waals surface area contributed by atoms with Crippen molar-refractivity contribution >= 4 is 17.6 Å². The lowest BCUT2D eigenvalue weighted by atomic mass is 10.2. The highest BCUT2D eigenvalue weighted by Gasteiger charge is 2.12. The molecule has 0 aliphatic carbocycles. The van der Waals surface area contributed by atoms with Crippen molar-refractivity contribution in [3.8, 4) is 11.4 Å². The summed E-state index contributed by atoms with van der Waals surface area (Å²) in [6, 6.07) is 6.97. The number of nitrogens with zero attached hydrogens (tertiary/aromatic N) is 6. The van der Waals surface area contributed by atoms with Crippen molar-refractivity contribution in [2.75, 3.05) is 0 Å². The molecule has 0 saturated carbocycles. The molecule has 0 radical (unpaired) electrons. The molecule has 3 aromatic rings. The topological polar surface area (TPSA) is 109 Å². The minimum Gasteiger partial charge on any atom is -0.454 e. The van der Waals surface area contributed by atoms with Crippen LogP contribution in [0.5, 0.6) is 0 Å². The number of rotatable bonds is 5. The third-order valence-corrected chi connectivity index (χ3v) is 2.86. The van der Waals surface area contributed by atoms with Gasteiger partial charge in [-0.3, -0.25) is 4.79 Å². The number of carbonyl (C=O) groups is 1. The van der Waals surface area contributed by atoms with Gasteiger partial charge in [0.05, 0.1) is 0 Å². The lowest BCUT2D eigenvalue weighted by molar-refractivity contribution is -0.146. The molecule has 9 nitrogen and oxygen atoms in total. The molecule has 0 atom stereocenters. The van der Waals surface area contributed by atoms with E-state index in [1.54, 1.807) is 24.3 Å². The first kappa shape index (κ1) is 14.1. The molecule has 2 heterocycles. The maximum atomic E-state index is 11.6. The summed E-state index contributed by atoms with van der Waals surface area (Å²) >= 11 is 5.81. The van der Waals surface area contributed by atoms with Gasteiger partial charge in [0, 0.05) is 10.6 Å². The monoisotopic (exact) mass is 320 g/mol. The Labute approximate surface area is 128 Å². The summed E-state index contributed by atoms with van der Waals surface area (Å²) in [7, 11) is 0. The molecule has 0 fully saturated rings. The average Bonchev–Trinajstić information content (AvgIpc) is 3.17. The second kappa shape index (κ2) is 6.31. The number of esters is 1. The minimum atomic E-state index is -0.515. The van der Waals surface area contributed by atoms with Crippen LogP contribution in [-0.2, 0) is 22.7 Å². The van der Waals surface area contributed by atoms with Gasteiger partial charge < -0.3 is 9.26 Å². The van der Waals surface area contributed by atoms with Crippen LogP contribution >= 0.6 is 11.6 Å². The van der Waals surface area contributed by atoms with Crippen molar-refractivity contribution in [2.24, 2.45) is 0 Å². The van der Waals surface area contributed by atoms with Crippen LogP contribution in [0.25, 0.3) is 11.4 Å². The van der Waals surface area contributed by atoms with Crippen LogP contribution in [0, 0.1) is 0 Å². The molecular weight excluding hydrogens is 312 g/mol. The van der Waals surface area contributed by atoms with Crippen molar-refractivity contribution in [2.45, 2.75) is 13.2 Å². The van der Waals surface area contributed by atoms with E-state index >= 15 is 0 Å². The van der Waals surface area contributed by atoms with Gasteiger partial charge in [0.25, 0.3) is 5.89 Å². The molecule has 0 N–H and O–H groups in total. The molecule has 3 rings (SSSR count). The van der Waals surface area contributed by atoms with Crippen molar-refractivity contribution in [3.63, 3.8) is 0 Å². The highest BCUT2D eigenvalue weighted by molar-refractivity contribution is 6.30. The van der Waals surface area contributed by atoms with Gasteiger partial charge in [0.2, 0.25) is 5.82 Å². The van der Waals surface area contributed by atoms with Crippen LogP contribution < -0.4 is 0 Å². The van der Waals surface area contributed by atoms with Gasteiger partial charge in [-0.2, -0.15) is 4.98 Å². The smallest absolute Gasteiger partial charge is 0.328 e. The standard InChI is InChI=1S/C12H9ClN6O3/c13-9-3-1-8(2-4-9)12-15-10(22-16-12)6-21-11(20)5-19-7-14-17-18-19/h1-4,7H,5-6H2. The first-order chi connectivity index (χ1) is 10.7. The Morgan fingerprint density at radius 3 is 2.86 bits per heavy atom. The molecule has 22 heavy (non-hydrogen) atoms. The number of halogens is 1. The molecule has 1 aromatic carbocycles. The molecule has 2 aromatic heterocycles. The Balaban J connectivity index is 1.57. The third-order valence-electron chi connectivity index (χ3n) is 2.61. The van der Waals surface area contributed by atoms with Gasteiger partial charge in [-0.1, -0.05) is 16.8 Å². The lowest BCUT2D eigenvalue weighted by Gasteiger charge is -2.00. The fourth-order valence-electron chi connectivity index (χ4n) is 1.60. The molecule has 112 valence electrons. The third kappa shape index (κ3) is 3.44. The van der Waals surface area contributed by atoms with Crippen LogP contribution in [0.2, 0.25) is 5.02 Å². The van der Waals surface area contributed by atoms with E-state index in [4.69, 9.17) is 20.9 Å². The zero-order chi connectivity index (χ0) is 15.4. The number of hydrogen-bond donors (Lipinski definition) is 0. The summed E-state index contributed by atoms with van der Waals surface area (Å²) in [5.74, 6) is 0.0664. The number of ether oxygens (including phenoxy) is 1. The highest BCUT2D eigenvalue weighted by Crippen LogP contribution is 2.18. The Bertz CT molecular complexity index is 756. The summed E-state index contributed by atoms with van der Waals surface area (Å²) in [4.78, 5) is 15.7. The Hall–Kier alpha value is -2.81. The maximum absolute atomic E-state index is 11.6. The van der Waals surface area contributed by atoms with Gasteiger partial charge in [0.1, 0.15) is 12.9 Å². The molecule has 0 aliphatic heterocycles. The Morgan fingerprint density at radius 2 is 2.14 bits per heavy atom. The predicted octanol–water partition coefficient (Wildman–Crippen LogP) is 1.12. The number of hydrogen-bond acceptors (Lipinski definition) is 8. The summed E-state index contributed by atoms with van der Waals surface area (Å²) in [6.07, 6.45) is 1.31. The summed E-state index contributed by atoms with van der Waals surface area (Å²) in [6.45, 7) is -0.216. The van der Waals surface area contributed by atoms with Crippen molar-refractivity contribution in [1.82, 2.24) is 30.3 Å². The molecule has 0 saturated heterocycles. The van der Waals surface area contributed by atoms with Gasteiger partial charge >= 0.3 is 5.97 Å². The molecule has 0 bridgehead atoms. The largest absolute Gasteiger partial charge is 0.454 e. The molecule has 10 heteroatoms. The first-order valence-electron chi connectivity index (χ1n) is 6.15. The molecule has 0 amide bonds. The lowest BCUT2D eigenvalue weighted by Crippen LogP contribution is -2.14. The van der Waals surface area contributed by atoms with Crippen LogP contribution in [0.4, 0.5) is 0 Å². The Kier molecular flexibility index (Phi) is 4.05. The van der Waals surface area contributed by atoms with E-state index in [9.17, 15) is 4.79 Å². The van der Waals surface area contributed by atoms with E-state index in [2.05, 4.69) is 25.7 Å². The normalized spacial score (nSPS) is 10.6. The predicted molar refractivity (Wildman–Crippen MR) is 72.4 cm³/mol. The number of benzene rings is 1. The average molecular weight is 321 g/mol. The van der Waals surface area contributed by atoms with Crippen molar-refractivity contribution in [1.29, 1.82) is 0 Å². The van der Waals surface area contributed by atoms with E-state index < -0.39 is 5.97 Å². The summed E-state index contributed by atoms with van der Waals surface area (Å²) < 4.78 is 11.3. The van der Waals surface area contributed by atoms with Gasteiger partial charge in [-0.05, 0) is 34.7 Å². The van der Waals surface area contributed by atoms with Crippen LogP contribution in [0.1, 0.15) is 5.89 Å². The molecule has 0 unspecified atom stereocenters. The molecule has 0 aliphatic rings. The van der Waals surface area contributed by atoms with E-state index in [0.717, 1.165) is 5.56 Å². The van der Waals surface area contributed by atoms with Gasteiger partial charge in [0.15, 0.2) is 6.61 Å². The van der Waals surface area contributed by atoms with E-state index in [0.29, 0.717) is 10.8 Å². The minimum absolute atomic E-state index is 0.0921. The zero-order valence-corrected chi connectivity index (χ0v) is 11.8. The van der Waals surface area contributed by atoms with Gasteiger partial charge in [-0.15, -0.1) is 5.10 Å². The maximum Gasteiger partial charge on any atom is 0.328 e. The van der Waals surface area contributed by atoms with E-state index in [-0.39, 0.29) is 19.0 Å². The fourth-order valence-corrected chi connectivity index (χ4v) is 1.73. The highest BCUT2D eigenvalue weighted by atomic mass is 35.5. The summed E-state index contributed by atoms with van der Waals surface area (Å²) in [5.41, 5.74) is 0.749. The SMILES string of the molecule is O=C(Cn1cnnn1)OCc1nc(-c2ccc(Cl)cc2)no1. The van der Waals surface area contributed by atoms with E-state index in [1.807, 2.05) is 0 Å². The molecule has 0 spiro atoms. The van der Waals surface area contributed by atoms with Crippen LogP contribution in [-0.4, -0.2) is 36.3 Å². The number of carbonyl (C=O) groups excluding carboxylic acids is 1. The Morgan fingerprint density at radius 1 is 1.32 bits per heavy atom. The van der Waals surface area contributed by atoms with E-state index in [1.165, 1.54) is 11.0 Å². The second-order valence-corrected chi connectivity index (χ2v) is 4.62. The van der Waals surface area contributed by atoms with Crippen LogP contribution in [0.15, 0.2) is 35.1 Å².